The molecule has 5 heteroatoms. The van der Waals surface area contributed by atoms with Gasteiger partial charge in [0.05, 0.1) is 0 Å². The molecule has 0 aromatic carbocycles. The third kappa shape index (κ3) is 3.69. The number of rotatable bonds is 4. The molecule has 4 nitrogen and oxygen atoms in total. The van der Waals surface area contributed by atoms with Crippen molar-refractivity contribution in [3.8, 4) is 0 Å². The molecule has 21 heavy (non-hydrogen) atoms. The molecule has 1 amide bonds. The minimum Gasteiger partial charge on any atom is -0.340 e. The molecule has 118 valence electrons. The van der Waals surface area contributed by atoms with Crippen LogP contribution in [0.5, 0.6) is 0 Å². The van der Waals surface area contributed by atoms with Crippen LogP contribution in [-0.2, 0) is 0 Å². The van der Waals surface area contributed by atoms with Crippen molar-refractivity contribution in [2.75, 3.05) is 14.1 Å². The van der Waals surface area contributed by atoms with Crippen LogP contribution in [0.25, 0.3) is 0 Å². The van der Waals surface area contributed by atoms with Crippen LogP contribution < -0.4 is 5.32 Å². The smallest absolute Gasteiger partial charge is 0.270 e. The van der Waals surface area contributed by atoms with Gasteiger partial charge < -0.3 is 14.8 Å². The summed E-state index contributed by atoms with van der Waals surface area (Å²) in [5, 5.41) is 3.34. The highest BCUT2D eigenvalue weighted by molar-refractivity contribution is 9.10. The molecule has 1 heterocycles. The Morgan fingerprint density at radius 3 is 2.52 bits per heavy atom. The Bertz CT molecular complexity index is 490. The van der Waals surface area contributed by atoms with Crippen molar-refractivity contribution in [1.82, 2.24) is 14.8 Å². The molecule has 1 aliphatic rings. The number of carbonyl (C=O) groups is 1. The third-order valence-electron chi connectivity index (χ3n) is 4.56. The maximum Gasteiger partial charge on any atom is 0.270 e. The summed E-state index contributed by atoms with van der Waals surface area (Å²) in [5.41, 5.74) is 0.773. The topological polar surface area (TPSA) is 37.3 Å². The van der Waals surface area contributed by atoms with Gasteiger partial charge in [0.1, 0.15) is 5.69 Å². The average molecular weight is 356 g/mol. The van der Waals surface area contributed by atoms with Crippen LogP contribution in [0.3, 0.4) is 0 Å². The van der Waals surface area contributed by atoms with Gasteiger partial charge in [-0.3, -0.25) is 4.79 Å². The third-order valence-corrected chi connectivity index (χ3v) is 5.00. The Kier molecular flexibility index (Phi) is 5.49. The molecule has 1 saturated carbocycles. The van der Waals surface area contributed by atoms with Gasteiger partial charge in [0.15, 0.2) is 0 Å². The maximum atomic E-state index is 12.8. The van der Waals surface area contributed by atoms with Gasteiger partial charge in [-0.1, -0.05) is 0 Å². The Balaban J connectivity index is 2.09. The second-order valence-corrected chi connectivity index (χ2v) is 7.17. The molecule has 1 fully saturated rings. The van der Waals surface area contributed by atoms with Crippen molar-refractivity contribution in [3.63, 3.8) is 0 Å². The zero-order valence-electron chi connectivity index (χ0n) is 13.4. The molecule has 2 rings (SSSR count). The predicted molar refractivity (Wildman–Crippen MR) is 89.7 cm³/mol. The van der Waals surface area contributed by atoms with Crippen molar-refractivity contribution in [2.24, 2.45) is 0 Å². The van der Waals surface area contributed by atoms with Crippen molar-refractivity contribution in [2.45, 2.75) is 57.7 Å². The molecule has 0 saturated heterocycles. The monoisotopic (exact) mass is 355 g/mol. The summed E-state index contributed by atoms with van der Waals surface area (Å²) in [5.74, 6) is 0.127. The fourth-order valence-electron chi connectivity index (χ4n) is 3.14. The minimum absolute atomic E-state index is 0.127. The molecule has 1 aromatic heterocycles. The quantitative estimate of drug-likeness (QED) is 0.898. The normalized spacial score (nSPS) is 22.6. The molecule has 1 aromatic rings. The lowest BCUT2D eigenvalue weighted by molar-refractivity contribution is 0.0673. The van der Waals surface area contributed by atoms with Gasteiger partial charge in [-0.2, -0.15) is 0 Å². The minimum atomic E-state index is 0.127. The number of amides is 1. The lowest BCUT2D eigenvalue weighted by Gasteiger charge is -2.34. The van der Waals surface area contributed by atoms with E-state index in [0.29, 0.717) is 12.1 Å². The Hall–Kier alpha value is -0.810. The van der Waals surface area contributed by atoms with Crippen molar-refractivity contribution in [1.29, 1.82) is 0 Å². The molecule has 0 bridgehead atoms. The SMILES string of the molecule is CNC1CCC(N(C)C(=O)c2cc(Br)cn2C(C)C)CC1. The van der Waals surface area contributed by atoms with Crippen LogP contribution in [-0.4, -0.2) is 41.6 Å². The maximum absolute atomic E-state index is 12.8. The van der Waals surface area contributed by atoms with Gasteiger partial charge in [0, 0.05) is 35.8 Å². The largest absolute Gasteiger partial charge is 0.340 e. The van der Waals surface area contributed by atoms with Gasteiger partial charge >= 0.3 is 0 Å². The Labute approximate surface area is 136 Å². The Morgan fingerprint density at radius 1 is 1.38 bits per heavy atom. The van der Waals surface area contributed by atoms with E-state index in [0.717, 1.165) is 35.8 Å². The number of nitrogens with one attached hydrogen (secondary N) is 1. The first-order valence-electron chi connectivity index (χ1n) is 7.75. The summed E-state index contributed by atoms with van der Waals surface area (Å²) >= 11 is 3.48. The molecule has 1 N–H and O–H groups in total. The molecule has 0 atom stereocenters. The Morgan fingerprint density at radius 2 is 2.00 bits per heavy atom. The summed E-state index contributed by atoms with van der Waals surface area (Å²) in [7, 11) is 3.96. The van der Waals surface area contributed by atoms with Crippen LogP contribution >= 0.6 is 15.9 Å². The second kappa shape index (κ2) is 6.97. The number of hydrogen-bond donors (Lipinski definition) is 1. The number of aromatic nitrogens is 1. The molecule has 0 spiro atoms. The van der Waals surface area contributed by atoms with Crippen molar-refractivity contribution in [3.05, 3.63) is 22.4 Å². The lowest BCUT2D eigenvalue weighted by atomic mass is 9.90. The summed E-state index contributed by atoms with van der Waals surface area (Å²) in [6.07, 6.45) is 6.44. The van der Waals surface area contributed by atoms with E-state index in [4.69, 9.17) is 0 Å². The van der Waals surface area contributed by atoms with E-state index < -0.39 is 0 Å². The van der Waals surface area contributed by atoms with Crippen LogP contribution in [0.1, 0.15) is 56.1 Å². The molecule has 0 aliphatic heterocycles. The number of carbonyl (C=O) groups excluding carboxylic acids is 1. The van der Waals surface area contributed by atoms with Gasteiger partial charge in [-0.15, -0.1) is 0 Å². The van der Waals surface area contributed by atoms with Crippen LogP contribution in [0.15, 0.2) is 16.7 Å². The highest BCUT2D eigenvalue weighted by Crippen LogP contribution is 2.25. The molecular formula is C16H26BrN3O. The van der Waals surface area contributed by atoms with E-state index in [1.807, 2.05) is 35.8 Å². The summed E-state index contributed by atoms with van der Waals surface area (Å²) < 4.78 is 3.01. The van der Waals surface area contributed by atoms with Crippen LogP contribution in [0, 0.1) is 0 Å². The van der Waals surface area contributed by atoms with Crippen molar-refractivity contribution >= 4 is 21.8 Å². The highest BCUT2D eigenvalue weighted by Gasteiger charge is 2.28. The van der Waals surface area contributed by atoms with E-state index in [1.54, 1.807) is 0 Å². The van der Waals surface area contributed by atoms with Crippen molar-refractivity contribution < 1.29 is 4.79 Å². The van der Waals surface area contributed by atoms with E-state index in [2.05, 4.69) is 35.1 Å². The van der Waals surface area contributed by atoms with Gasteiger partial charge in [-0.05, 0) is 68.6 Å². The van der Waals surface area contributed by atoms with Crippen LogP contribution in [0.2, 0.25) is 0 Å². The zero-order chi connectivity index (χ0) is 15.6. The molecule has 0 radical (unpaired) electrons. The first-order chi connectivity index (χ1) is 9.93. The zero-order valence-corrected chi connectivity index (χ0v) is 15.0. The first kappa shape index (κ1) is 16.6. The number of hydrogen-bond acceptors (Lipinski definition) is 2. The second-order valence-electron chi connectivity index (χ2n) is 6.25. The molecule has 1 aliphatic carbocycles. The number of nitrogens with zero attached hydrogens (tertiary/aromatic N) is 2. The summed E-state index contributed by atoms with van der Waals surface area (Å²) in [4.78, 5) is 14.7. The fraction of sp³-hybridized carbons (Fsp3) is 0.688. The van der Waals surface area contributed by atoms with E-state index in [1.165, 1.54) is 0 Å². The standard InChI is InChI=1S/C16H26BrN3O/c1-11(2)20-10-12(17)9-15(20)16(21)19(4)14-7-5-13(18-3)6-8-14/h9-11,13-14,18H,5-8H2,1-4H3. The summed E-state index contributed by atoms with van der Waals surface area (Å²) in [6, 6.07) is 3.18. The van der Waals surface area contributed by atoms with E-state index in [9.17, 15) is 4.79 Å². The lowest BCUT2D eigenvalue weighted by Crippen LogP contribution is -2.43. The van der Waals surface area contributed by atoms with Gasteiger partial charge in [0.2, 0.25) is 0 Å². The predicted octanol–water partition coefficient (Wildman–Crippen LogP) is 3.43. The highest BCUT2D eigenvalue weighted by atomic mass is 79.9. The van der Waals surface area contributed by atoms with Crippen LogP contribution in [0.4, 0.5) is 0 Å². The fourth-order valence-corrected chi connectivity index (χ4v) is 3.58. The van der Waals surface area contributed by atoms with E-state index >= 15 is 0 Å². The number of halogens is 1. The van der Waals surface area contributed by atoms with Gasteiger partial charge in [-0.25, -0.2) is 0 Å². The molecular weight excluding hydrogens is 330 g/mol. The average Bonchev–Trinajstić information content (AvgIpc) is 2.88. The van der Waals surface area contributed by atoms with Gasteiger partial charge in [0.25, 0.3) is 5.91 Å². The first-order valence-corrected chi connectivity index (χ1v) is 8.55. The summed E-state index contributed by atoms with van der Waals surface area (Å²) in [6.45, 7) is 4.20. The van der Waals surface area contributed by atoms with E-state index in [-0.39, 0.29) is 11.9 Å². The molecule has 0 unspecified atom stereocenters.